The number of hydrogen-bond acceptors (Lipinski definition) is 3. The summed E-state index contributed by atoms with van der Waals surface area (Å²) in [6.07, 6.45) is 0. The van der Waals surface area contributed by atoms with Crippen LogP contribution in [0.2, 0.25) is 0 Å². The Labute approximate surface area is 122 Å². The first-order chi connectivity index (χ1) is 10.2. The Balaban J connectivity index is 2.02. The molecule has 0 radical (unpaired) electrons. The van der Waals surface area contributed by atoms with Gasteiger partial charge in [-0.25, -0.2) is 5.01 Å². The molecule has 0 spiro atoms. The van der Waals surface area contributed by atoms with E-state index >= 15 is 0 Å². The molecule has 2 aromatic carbocycles. The second-order valence-corrected chi connectivity index (χ2v) is 4.88. The van der Waals surface area contributed by atoms with E-state index < -0.39 is 5.92 Å². The second kappa shape index (κ2) is 5.32. The molecular formula is C17H14N2O2. The predicted octanol–water partition coefficient (Wildman–Crippen LogP) is 2.36. The van der Waals surface area contributed by atoms with Crippen LogP contribution in [-0.4, -0.2) is 29.5 Å². The summed E-state index contributed by atoms with van der Waals surface area (Å²) in [6, 6.07) is 18.2. The fourth-order valence-electron chi connectivity index (χ4n) is 2.41. The summed E-state index contributed by atoms with van der Waals surface area (Å²) in [6.45, 7) is 0. The summed E-state index contributed by atoms with van der Waals surface area (Å²) in [4.78, 5) is 25.0. The zero-order valence-corrected chi connectivity index (χ0v) is 11.6. The standard InChI is InChI=1S/C17H14N2O2/c1-19-17(21)14(16(20)13-10-6-3-7-11-13)15(18-19)12-8-4-2-5-9-12/h2-11,14H,1H3. The Hall–Kier alpha value is -2.75. The Morgan fingerprint density at radius 2 is 1.57 bits per heavy atom. The molecule has 104 valence electrons. The topological polar surface area (TPSA) is 49.7 Å². The number of hydrogen-bond donors (Lipinski definition) is 0. The summed E-state index contributed by atoms with van der Waals surface area (Å²) in [7, 11) is 1.57. The molecule has 0 fully saturated rings. The van der Waals surface area contributed by atoms with Crippen molar-refractivity contribution in [1.82, 2.24) is 5.01 Å². The van der Waals surface area contributed by atoms with Gasteiger partial charge in [0.2, 0.25) is 0 Å². The van der Waals surface area contributed by atoms with E-state index in [-0.39, 0.29) is 11.7 Å². The van der Waals surface area contributed by atoms with Gasteiger partial charge < -0.3 is 0 Å². The molecule has 1 aliphatic heterocycles. The number of nitrogens with zero attached hydrogens (tertiary/aromatic N) is 2. The molecule has 1 amide bonds. The highest BCUT2D eigenvalue weighted by Gasteiger charge is 2.40. The Morgan fingerprint density at radius 1 is 1.00 bits per heavy atom. The Kier molecular flexibility index (Phi) is 3.36. The maximum Gasteiger partial charge on any atom is 0.259 e. The van der Waals surface area contributed by atoms with Gasteiger partial charge >= 0.3 is 0 Å². The number of Topliss-reactive ketones (excluding diaryl/α,β-unsaturated/α-hetero) is 1. The van der Waals surface area contributed by atoms with Crippen LogP contribution >= 0.6 is 0 Å². The molecule has 0 aromatic heterocycles. The zero-order chi connectivity index (χ0) is 14.8. The second-order valence-electron chi connectivity index (χ2n) is 4.88. The van der Waals surface area contributed by atoms with Gasteiger partial charge in [0.15, 0.2) is 5.78 Å². The van der Waals surface area contributed by atoms with E-state index in [1.165, 1.54) is 5.01 Å². The Bertz CT molecular complexity index is 708. The largest absolute Gasteiger partial charge is 0.293 e. The summed E-state index contributed by atoms with van der Waals surface area (Å²) in [5.41, 5.74) is 1.83. The van der Waals surface area contributed by atoms with Gasteiger partial charge in [-0.1, -0.05) is 60.7 Å². The van der Waals surface area contributed by atoms with Crippen LogP contribution in [0.15, 0.2) is 65.8 Å². The van der Waals surface area contributed by atoms with Crippen molar-refractivity contribution in [3.05, 3.63) is 71.8 Å². The van der Waals surface area contributed by atoms with Crippen molar-refractivity contribution >= 4 is 17.4 Å². The first kappa shape index (κ1) is 13.2. The van der Waals surface area contributed by atoms with E-state index in [1.54, 1.807) is 31.3 Å². The molecule has 3 rings (SSSR count). The molecule has 4 heteroatoms. The van der Waals surface area contributed by atoms with Crippen LogP contribution in [0.3, 0.4) is 0 Å². The van der Waals surface area contributed by atoms with Crippen molar-refractivity contribution in [3.8, 4) is 0 Å². The minimum absolute atomic E-state index is 0.215. The van der Waals surface area contributed by atoms with Crippen LogP contribution in [0.1, 0.15) is 15.9 Å². The number of amides is 1. The van der Waals surface area contributed by atoms with Crippen molar-refractivity contribution in [3.63, 3.8) is 0 Å². The minimum atomic E-state index is -0.861. The lowest BCUT2D eigenvalue weighted by atomic mass is 9.89. The highest BCUT2D eigenvalue weighted by molar-refractivity contribution is 6.31. The summed E-state index contributed by atoms with van der Waals surface area (Å²) < 4.78 is 0. The van der Waals surface area contributed by atoms with E-state index in [1.807, 2.05) is 36.4 Å². The first-order valence-corrected chi connectivity index (χ1v) is 6.69. The fourth-order valence-corrected chi connectivity index (χ4v) is 2.41. The van der Waals surface area contributed by atoms with Crippen molar-refractivity contribution in [2.75, 3.05) is 7.05 Å². The lowest BCUT2D eigenvalue weighted by Crippen LogP contribution is -2.32. The fraction of sp³-hybridized carbons (Fsp3) is 0.118. The molecule has 0 bridgehead atoms. The minimum Gasteiger partial charge on any atom is -0.293 e. The van der Waals surface area contributed by atoms with Crippen LogP contribution in [0.5, 0.6) is 0 Å². The van der Waals surface area contributed by atoms with E-state index in [2.05, 4.69) is 5.10 Å². The number of carbonyl (C=O) groups excluding carboxylic acids is 2. The van der Waals surface area contributed by atoms with Gasteiger partial charge in [0.25, 0.3) is 5.91 Å². The van der Waals surface area contributed by atoms with Gasteiger partial charge in [-0.15, -0.1) is 0 Å². The first-order valence-electron chi connectivity index (χ1n) is 6.69. The van der Waals surface area contributed by atoms with Crippen molar-refractivity contribution in [1.29, 1.82) is 0 Å². The molecule has 0 aliphatic carbocycles. The SMILES string of the molecule is CN1N=C(c2ccccc2)C(C(=O)c2ccccc2)C1=O. The Morgan fingerprint density at radius 3 is 2.19 bits per heavy atom. The molecule has 0 N–H and O–H groups in total. The monoisotopic (exact) mass is 278 g/mol. The van der Waals surface area contributed by atoms with Gasteiger partial charge in [-0.05, 0) is 5.56 Å². The molecule has 21 heavy (non-hydrogen) atoms. The molecular weight excluding hydrogens is 264 g/mol. The van der Waals surface area contributed by atoms with Crippen molar-refractivity contribution in [2.45, 2.75) is 0 Å². The molecule has 2 aromatic rings. The van der Waals surface area contributed by atoms with Gasteiger partial charge in [-0.2, -0.15) is 5.10 Å². The lowest BCUT2D eigenvalue weighted by Gasteiger charge is -2.10. The maximum atomic E-state index is 12.7. The molecule has 1 atom stereocenters. The van der Waals surface area contributed by atoms with Crippen LogP contribution in [0, 0.1) is 5.92 Å². The molecule has 1 aliphatic rings. The predicted molar refractivity (Wildman–Crippen MR) is 80.0 cm³/mol. The van der Waals surface area contributed by atoms with Crippen LogP contribution in [-0.2, 0) is 4.79 Å². The quantitative estimate of drug-likeness (QED) is 0.639. The van der Waals surface area contributed by atoms with Crippen LogP contribution < -0.4 is 0 Å². The number of ketones is 1. The maximum absolute atomic E-state index is 12.7. The highest BCUT2D eigenvalue weighted by atomic mass is 16.2. The van der Waals surface area contributed by atoms with E-state index in [9.17, 15) is 9.59 Å². The van der Waals surface area contributed by atoms with E-state index in [0.29, 0.717) is 11.3 Å². The molecule has 4 nitrogen and oxygen atoms in total. The molecule has 1 unspecified atom stereocenters. The smallest absolute Gasteiger partial charge is 0.259 e. The lowest BCUT2D eigenvalue weighted by molar-refractivity contribution is -0.129. The third-order valence-corrected chi connectivity index (χ3v) is 3.49. The normalized spacial score (nSPS) is 17.8. The van der Waals surface area contributed by atoms with Gasteiger partial charge in [0, 0.05) is 12.6 Å². The third kappa shape index (κ3) is 2.36. The van der Waals surface area contributed by atoms with E-state index in [4.69, 9.17) is 0 Å². The van der Waals surface area contributed by atoms with Crippen LogP contribution in [0.4, 0.5) is 0 Å². The summed E-state index contributed by atoms with van der Waals surface area (Å²) in [5.74, 6) is -1.37. The number of rotatable bonds is 3. The molecule has 1 heterocycles. The molecule has 0 saturated heterocycles. The van der Waals surface area contributed by atoms with Crippen molar-refractivity contribution in [2.24, 2.45) is 11.0 Å². The van der Waals surface area contributed by atoms with Gasteiger partial charge in [0.05, 0.1) is 5.71 Å². The highest BCUT2D eigenvalue weighted by Crippen LogP contribution is 2.23. The summed E-state index contributed by atoms with van der Waals surface area (Å²) in [5, 5.41) is 5.49. The number of carbonyl (C=O) groups is 2. The number of hydrazone groups is 1. The van der Waals surface area contributed by atoms with Gasteiger partial charge in [0.1, 0.15) is 5.92 Å². The zero-order valence-electron chi connectivity index (χ0n) is 11.6. The van der Waals surface area contributed by atoms with Gasteiger partial charge in [-0.3, -0.25) is 9.59 Å². The van der Waals surface area contributed by atoms with E-state index in [0.717, 1.165) is 5.56 Å². The third-order valence-electron chi connectivity index (χ3n) is 3.49. The summed E-state index contributed by atoms with van der Waals surface area (Å²) >= 11 is 0. The van der Waals surface area contributed by atoms with Crippen LogP contribution in [0.25, 0.3) is 0 Å². The number of benzene rings is 2. The van der Waals surface area contributed by atoms with Crippen molar-refractivity contribution < 1.29 is 9.59 Å². The average Bonchev–Trinajstić information content (AvgIpc) is 2.84. The molecule has 0 saturated carbocycles. The average molecular weight is 278 g/mol.